The maximum atomic E-state index is 14.8. The molecule has 6 aromatic rings. The summed E-state index contributed by atoms with van der Waals surface area (Å²) < 4.78 is 14.8. The molecule has 6 aromatic carbocycles. The number of nitrogens with zero attached hydrogens (tertiary/aromatic N) is 2. The molecule has 0 saturated heterocycles. The molecular weight excluding hydrogens is 562 g/mol. The monoisotopic (exact) mass is 594 g/mol. The molecule has 0 fully saturated rings. The highest BCUT2D eigenvalue weighted by atomic mass is 19.1. The Bertz CT molecular complexity index is 2180. The topological polar surface area (TPSA) is 6.48 Å². The lowest BCUT2D eigenvalue weighted by atomic mass is 9.32. The van der Waals surface area contributed by atoms with Crippen LogP contribution in [0.25, 0.3) is 11.1 Å². The molecule has 10 rings (SSSR count). The van der Waals surface area contributed by atoms with E-state index in [1.807, 2.05) is 12.1 Å². The maximum absolute atomic E-state index is 14.8. The second-order valence-corrected chi connectivity index (χ2v) is 14.3. The maximum Gasteiger partial charge on any atom is 0.252 e. The summed E-state index contributed by atoms with van der Waals surface area (Å²) in [5.41, 5.74) is 18.2. The average molecular weight is 595 g/mol. The molecule has 4 aliphatic rings. The molecule has 2 nitrogen and oxygen atoms in total. The summed E-state index contributed by atoms with van der Waals surface area (Å²) in [7, 11) is 0. The number of hydrogen-bond donors (Lipinski definition) is 0. The van der Waals surface area contributed by atoms with Gasteiger partial charge in [-0.1, -0.05) is 113 Å². The van der Waals surface area contributed by atoms with Crippen LogP contribution in [-0.2, 0) is 10.8 Å². The highest BCUT2D eigenvalue weighted by Gasteiger charge is 2.50. The van der Waals surface area contributed by atoms with Crippen LogP contribution in [0, 0.1) is 5.82 Å². The van der Waals surface area contributed by atoms with E-state index in [0.717, 1.165) is 11.1 Å². The van der Waals surface area contributed by atoms with Crippen LogP contribution in [-0.4, -0.2) is 6.71 Å². The third-order valence-corrected chi connectivity index (χ3v) is 11.3. The van der Waals surface area contributed by atoms with E-state index in [2.05, 4.69) is 135 Å². The molecule has 0 aromatic heterocycles. The predicted molar refractivity (Wildman–Crippen MR) is 190 cm³/mol. The molecule has 0 saturated carbocycles. The summed E-state index contributed by atoms with van der Waals surface area (Å²) in [5, 5.41) is 0. The van der Waals surface area contributed by atoms with Crippen molar-refractivity contribution in [3.05, 3.63) is 149 Å². The smallest absolute Gasteiger partial charge is 0.252 e. The zero-order valence-corrected chi connectivity index (χ0v) is 26.4. The number of fused-ring (bicyclic) bond motifs is 8. The molecule has 0 bridgehead atoms. The van der Waals surface area contributed by atoms with E-state index in [0.29, 0.717) is 0 Å². The van der Waals surface area contributed by atoms with Gasteiger partial charge >= 0.3 is 0 Å². The zero-order valence-electron chi connectivity index (χ0n) is 26.4. The fourth-order valence-corrected chi connectivity index (χ4v) is 9.12. The van der Waals surface area contributed by atoms with Gasteiger partial charge in [0.2, 0.25) is 0 Å². The zero-order chi connectivity index (χ0) is 31.1. The van der Waals surface area contributed by atoms with E-state index in [-0.39, 0.29) is 23.4 Å². The normalized spacial score (nSPS) is 16.6. The first kappa shape index (κ1) is 26.2. The molecule has 0 amide bonds. The summed E-state index contributed by atoms with van der Waals surface area (Å²) >= 11 is 0. The van der Waals surface area contributed by atoms with E-state index in [1.54, 1.807) is 6.07 Å². The summed E-state index contributed by atoms with van der Waals surface area (Å²) in [6.07, 6.45) is 0. The predicted octanol–water partition coefficient (Wildman–Crippen LogP) is 8.85. The fourth-order valence-electron chi connectivity index (χ4n) is 9.12. The van der Waals surface area contributed by atoms with Crippen molar-refractivity contribution in [1.29, 1.82) is 0 Å². The molecular formula is C42H32BFN2. The van der Waals surface area contributed by atoms with Crippen molar-refractivity contribution in [2.24, 2.45) is 0 Å². The Hall–Kier alpha value is -5.09. The van der Waals surface area contributed by atoms with Gasteiger partial charge in [-0.15, -0.1) is 0 Å². The Morgan fingerprint density at radius 3 is 1.48 bits per heavy atom. The number of para-hydroxylation sites is 4. The summed E-state index contributed by atoms with van der Waals surface area (Å²) in [6.45, 7) is 9.49. The highest BCUT2D eigenvalue weighted by molar-refractivity contribution is 7.00. The second-order valence-electron chi connectivity index (χ2n) is 14.3. The summed E-state index contributed by atoms with van der Waals surface area (Å²) in [6, 6.07) is 43.2. The van der Waals surface area contributed by atoms with Gasteiger partial charge in [-0.25, -0.2) is 4.39 Å². The Morgan fingerprint density at radius 2 is 0.957 bits per heavy atom. The molecule has 4 aliphatic heterocycles. The molecule has 0 radical (unpaired) electrons. The lowest BCUT2D eigenvalue weighted by Gasteiger charge is -2.52. The van der Waals surface area contributed by atoms with Crippen molar-refractivity contribution in [3.8, 4) is 11.1 Å². The van der Waals surface area contributed by atoms with Crippen molar-refractivity contribution in [1.82, 2.24) is 0 Å². The van der Waals surface area contributed by atoms with E-state index >= 15 is 0 Å². The first-order valence-electron chi connectivity index (χ1n) is 16.3. The number of rotatable bonds is 1. The average Bonchev–Trinajstić information content (AvgIpc) is 3.06. The Labute approximate surface area is 269 Å². The van der Waals surface area contributed by atoms with Crippen molar-refractivity contribution in [3.63, 3.8) is 0 Å². The Morgan fingerprint density at radius 1 is 0.478 bits per heavy atom. The van der Waals surface area contributed by atoms with Gasteiger partial charge in [0.25, 0.3) is 6.71 Å². The third-order valence-electron chi connectivity index (χ3n) is 11.3. The fraction of sp³-hybridized carbons (Fsp3) is 0.143. The SMILES string of the molecule is CC1(C)c2ccccc2N2c3cc(-c4cccc(F)c4)cc4c3B(c3cccc1c32)c1cccc2c1N4c1ccccc1C2(C)C. The van der Waals surface area contributed by atoms with E-state index in [4.69, 9.17) is 0 Å². The number of halogens is 1. The van der Waals surface area contributed by atoms with Crippen molar-refractivity contribution >= 4 is 57.2 Å². The van der Waals surface area contributed by atoms with Gasteiger partial charge in [0.05, 0.1) is 11.4 Å². The lowest BCUT2D eigenvalue weighted by Crippen LogP contribution is -2.63. The van der Waals surface area contributed by atoms with Gasteiger partial charge in [-0.2, -0.15) is 0 Å². The standard InChI is InChI=1S/C42H32BFN2/c1-41(2)28-14-5-7-20-34(28)45-36-23-26(25-12-9-13-27(44)22-25)24-37-38(36)43(32-18-10-16-30(41)39(32)45)33-19-11-17-31-40(33)46(37)35-21-8-6-15-29(35)42(31,3)4/h5-24H,1-4H3. The molecule has 4 heteroatoms. The van der Waals surface area contributed by atoms with Crippen LogP contribution in [0.1, 0.15) is 49.9 Å². The minimum absolute atomic E-state index is 0.0612. The molecule has 46 heavy (non-hydrogen) atoms. The van der Waals surface area contributed by atoms with Crippen LogP contribution in [0.5, 0.6) is 0 Å². The molecule has 0 unspecified atom stereocenters. The Balaban J connectivity index is 1.39. The molecule has 0 N–H and O–H groups in total. The van der Waals surface area contributed by atoms with Gasteiger partial charge in [0, 0.05) is 33.6 Å². The summed E-state index contributed by atoms with van der Waals surface area (Å²) in [4.78, 5) is 5.02. The van der Waals surface area contributed by atoms with Crippen LogP contribution in [0.2, 0.25) is 0 Å². The van der Waals surface area contributed by atoms with E-state index in [1.165, 1.54) is 78.8 Å². The molecule has 220 valence electrons. The molecule has 0 atom stereocenters. The largest absolute Gasteiger partial charge is 0.311 e. The Kier molecular flexibility index (Phi) is 4.88. The number of hydrogen-bond acceptors (Lipinski definition) is 2. The van der Waals surface area contributed by atoms with Crippen LogP contribution in [0.15, 0.2) is 121 Å². The third kappa shape index (κ3) is 3.07. The number of anilines is 6. The molecule has 4 heterocycles. The van der Waals surface area contributed by atoms with E-state index in [9.17, 15) is 4.39 Å². The van der Waals surface area contributed by atoms with Crippen LogP contribution >= 0.6 is 0 Å². The quantitative estimate of drug-likeness (QED) is 0.175. The van der Waals surface area contributed by atoms with Crippen LogP contribution < -0.4 is 26.2 Å². The molecule has 0 spiro atoms. The van der Waals surface area contributed by atoms with Crippen molar-refractivity contribution in [2.75, 3.05) is 9.80 Å². The van der Waals surface area contributed by atoms with Gasteiger partial charge in [-0.05, 0) is 86.2 Å². The highest BCUT2D eigenvalue weighted by Crippen LogP contribution is 2.57. The van der Waals surface area contributed by atoms with Crippen LogP contribution in [0.3, 0.4) is 0 Å². The van der Waals surface area contributed by atoms with Crippen LogP contribution in [0.4, 0.5) is 38.5 Å². The minimum Gasteiger partial charge on any atom is -0.311 e. The lowest BCUT2D eigenvalue weighted by molar-refractivity contribution is 0.628. The minimum atomic E-state index is -0.225. The summed E-state index contributed by atoms with van der Waals surface area (Å²) in [5.74, 6) is -0.225. The second kappa shape index (κ2) is 8.58. The van der Waals surface area contributed by atoms with Crippen molar-refractivity contribution in [2.45, 2.75) is 38.5 Å². The molecule has 0 aliphatic carbocycles. The van der Waals surface area contributed by atoms with Gasteiger partial charge in [0.15, 0.2) is 0 Å². The first-order chi connectivity index (χ1) is 22.3. The number of benzene rings is 6. The van der Waals surface area contributed by atoms with Gasteiger partial charge in [-0.3, -0.25) is 0 Å². The van der Waals surface area contributed by atoms with Crippen molar-refractivity contribution < 1.29 is 4.39 Å². The van der Waals surface area contributed by atoms with E-state index < -0.39 is 0 Å². The first-order valence-corrected chi connectivity index (χ1v) is 16.3. The van der Waals surface area contributed by atoms with Gasteiger partial charge < -0.3 is 9.80 Å². The van der Waals surface area contributed by atoms with Gasteiger partial charge in [0.1, 0.15) is 5.82 Å².